The third kappa shape index (κ3) is 5.05. The SMILES string of the molecule is CN=C(NCc1csc(C(C)C)n1)N1CCN(Cc2ccccc2)CC1. The number of aliphatic imine (C=N–C) groups is 1. The van der Waals surface area contributed by atoms with E-state index in [1.54, 1.807) is 11.3 Å². The lowest BCUT2D eigenvalue weighted by Gasteiger charge is -2.36. The Morgan fingerprint density at radius 3 is 2.54 bits per heavy atom. The highest BCUT2D eigenvalue weighted by Crippen LogP contribution is 2.19. The number of guanidine groups is 1. The van der Waals surface area contributed by atoms with Crippen LogP contribution in [0.4, 0.5) is 0 Å². The summed E-state index contributed by atoms with van der Waals surface area (Å²) in [6, 6.07) is 10.7. The molecule has 1 N–H and O–H groups in total. The van der Waals surface area contributed by atoms with Crippen LogP contribution >= 0.6 is 11.3 Å². The second-order valence-electron chi connectivity index (χ2n) is 6.98. The summed E-state index contributed by atoms with van der Waals surface area (Å²) >= 11 is 1.74. The molecule has 0 bridgehead atoms. The van der Waals surface area contributed by atoms with Crippen LogP contribution in [0.5, 0.6) is 0 Å². The van der Waals surface area contributed by atoms with Crippen LogP contribution in [-0.2, 0) is 13.1 Å². The highest BCUT2D eigenvalue weighted by Gasteiger charge is 2.19. The molecule has 0 atom stereocenters. The number of hydrogen-bond donors (Lipinski definition) is 1. The van der Waals surface area contributed by atoms with Gasteiger partial charge in [-0.1, -0.05) is 44.2 Å². The van der Waals surface area contributed by atoms with E-state index in [4.69, 9.17) is 4.98 Å². The van der Waals surface area contributed by atoms with Crippen LogP contribution in [0.25, 0.3) is 0 Å². The van der Waals surface area contributed by atoms with E-state index in [2.05, 4.69) is 69.7 Å². The van der Waals surface area contributed by atoms with Crippen LogP contribution in [0.2, 0.25) is 0 Å². The molecule has 6 heteroatoms. The highest BCUT2D eigenvalue weighted by atomic mass is 32.1. The minimum absolute atomic E-state index is 0.491. The van der Waals surface area contributed by atoms with Crippen molar-refractivity contribution < 1.29 is 0 Å². The zero-order valence-corrected chi connectivity index (χ0v) is 16.8. The van der Waals surface area contributed by atoms with Gasteiger partial charge < -0.3 is 10.2 Å². The number of nitrogens with zero attached hydrogens (tertiary/aromatic N) is 4. The Balaban J connectivity index is 1.47. The average Bonchev–Trinajstić information content (AvgIpc) is 3.14. The fraction of sp³-hybridized carbons (Fsp3) is 0.500. The van der Waals surface area contributed by atoms with Crippen LogP contribution in [0.15, 0.2) is 40.7 Å². The molecule has 1 aliphatic heterocycles. The Kier molecular flexibility index (Phi) is 6.63. The van der Waals surface area contributed by atoms with Crippen molar-refractivity contribution in [3.05, 3.63) is 52.0 Å². The monoisotopic (exact) mass is 371 g/mol. The second kappa shape index (κ2) is 9.14. The minimum atomic E-state index is 0.491. The first-order chi connectivity index (χ1) is 12.7. The van der Waals surface area contributed by atoms with Gasteiger partial charge >= 0.3 is 0 Å². The molecule has 2 heterocycles. The minimum Gasteiger partial charge on any atom is -0.351 e. The van der Waals surface area contributed by atoms with Crippen molar-refractivity contribution in [1.29, 1.82) is 0 Å². The number of nitrogens with one attached hydrogen (secondary N) is 1. The van der Waals surface area contributed by atoms with E-state index in [1.807, 2.05) is 7.05 Å². The first-order valence-corrected chi connectivity index (χ1v) is 10.2. The molecule has 0 spiro atoms. The van der Waals surface area contributed by atoms with Gasteiger partial charge in [0.25, 0.3) is 0 Å². The predicted octanol–water partition coefficient (Wildman–Crippen LogP) is 3.16. The van der Waals surface area contributed by atoms with Crippen LogP contribution in [-0.4, -0.2) is 54.0 Å². The van der Waals surface area contributed by atoms with Crippen LogP contribution in [0.3, 0.4) is 0 Å². The number of benzene rings is 1. The zero-order chi connectivity index (χ0) is 18.4. The Hall–Kier alpha value is -1.92. The van der Waals surface area contributed by atoms with Crippen molar-refractivity contribution in [1.82, 2.24) is 20.1 Å². The van der Waals surface area contributed by atoms with E-state index in [0.29, 0.717) is 5.92 Å². The molecule has 1 aliphatic rings. The highest BCUT2D eigenvalue weighted by molar-refractivity contribution is 7.09. The van der Waals surface area contributed by atoms with Gasteiger partial charge in [-0.25, -0.2) is 4.98 Å². The molecule has 1 aromatic heterocycles. The smallest absolute Gasteiger partial charge is 0.194 e. The molecule has 5 nitrogen and oxygen atoms in total. The lowest BCUT2D eigenvalue weighted by atomic mass is 10.2. The van der Waals surface area contributed by atoms with Crippen molar-refractivity contribution in [2.24, 2.45) is 4.99 Å². The molecule has 0 aliphatic carbocycles. The van der Waals surface area contributed by atoms with Crippen molar-refractivity contribution in [3.63, 3.8) is 0 Å². The van der Waals surface area contributed by atoms with Gasteiger partial charge in [-0.2, -0.15) is 0 Å². The Bertz CT molecular complexity index is 702. The number of aromatic nitrogens is 1. The molecular formula is C20H29N5S. The molecule has 0 amide bonds. The van der Waals surface area contributed by atoms with Gasteiger partial charge in [0, 0.05) is 51.1 Å². The summed E-state index contributed by atoms with van der Waals surface area (Å²) in [4.78, 5) is 14.0. The van der Waals surface area contributed by atoms with E-state index in [-0.39, 0.29) is 0 Å². The van der Waals surface area contributed by atoms with Crippen molar-refractivity contribution >= 4 is 17.3 Å². The quantitative estimate of drug-likeness (QED) is 0.648. The van der Waals surface area contributed by atoms with Gasteiger partial charge in [0.2, 0.25) is 0 Å². The summed E-state index contributed by atoms with van der Waals surface area (Å²) in [6.45, 7) is 10.3. The van der Waals surface area contributed by atoms with Crippen LogP contribution < -0.4 is 5.32 Å². The van der Waals surface area contributed by atoms with E-state index < -0.39 is 0 Å². The molecule has 1 aromatic carbocycles. The average molecular weight is 372 g/mol. The van der Waals surface area contributed by atoms with Crippen molar-refractivity contribution in [2.45, 2.75) is 32.9 Å². The third-order valence-electron chi connectivity index (χ3n) is 4.62. The molecule has 0 radical (unpaired) electrons. The van der Waals surface area contributed by atoms with E-state index in [1.165, 1.54) is 10.6 Å². The number of thiazole rings is 1. The maximum atomic E-state index is 4.69. The van der Waals surface area contributed by atoms with Gasteiger partial charge in [-0.3, -0.25) is 9.89 Å². The van der Waals surface area contributed by atoms with Gasteiger partial charge in [-0.05, 0) is 5.56 Å². The fourth-order valence-corrected chi connectivity index (χ4v) is 3.97. The van der Waals surface area contributed by atoms with Crippen LogP contribution in [0.1, 0.15) is 36.0 Å². The molecule has 1 saturated heterocycles. The Morgan fingerprint density at radius 1 is 1.19 bits per heavy atom. The summed E-state index contributed by atoms with van der Waals surface area (Å²) in [7, 11) is 1.86. The second-order valence-corrected chi connectivity index (χ2v) is 7.87. The predicted molar refractivity (Wildman–Crippen MR) is 110 cm³/mol. The number of piperazine rings is 1. The molecule has 0 saturated carbocycles. The largest absolute Gasteiger partial charge is 0.351 e. The van der Waals surface area contributed by atoms with Crippen molar-refractivity contribution in [2.75, 3.05) is 33.2 Å². The molecule has 1 fully saturated rings. The first kappa shape index (κ1) is 18.9. The number of hydrogen-bond acceptors (Lipinski definition) is 4. The van der Waals surface area contributed by atoms with Gasteiger partial charge in [-0.15, -0.1) is 11.3 Å². The maximum absolute atomic E-state index is 4.69. The summed E-state index contributed by atoms with van der Waals surface area (Å²) < 4.78 is 0. The molecule has 26 heavy (non-hydrogen) atoms. The summed E-state index contributed by atoms with van der Waals surface area (Å²) in [6.07, 6.45) is 0. The maximum Gasteiger partial charge on any atom is 0.194 e. The fourth-order valence-electron chi connectivity index (χ4n) is 3.13. The van der Waals surface area contributed by atoms with E-state index in [9.17, 15) is 0 Å². The Morgan fingerprint density at radius 2 is 1.92 bits per heavy atom. The van der Waals surface area contributed by atoms with E-state index >= 15 is 0 Å². The summed E-state index contributed by atoms with van der Waals surface area (Å²) in [5.41, 5.74) is 2.48. The third-order valence-corrected chi connectivity index (χ3v) is 5.82. The van der Waals surface area contributed by atoms with Crippen molar-refractivity contribution in [3.8, 4) is 0 Å². The summed E-state index contributed by atoms with van der Waals surface area (Å²) in [5.74, 6) is 1.47. The van der Waals surface area contributed by atoms with Gasteiger partial charge in [0.05, 0.1) is 17.2 Å². The lowest BCUT2D eigenvalue weighted by Crippen LogP contribution is -2.52. The molecule has 2 aromatic rings. The normalized spacial score (nSPS) is 16.3. The molecular weight excluding hydrogens is 342 g/mol. The van der Waals surface area contributed by atoms with E-state index in [0.717, 1.165) is 50.9 Å². The Labute approximate surface area is 160 Å². The lowest BCUT2D eigenvalue weighted by molar-refractivity contribution is 0.172. The molecule has 0 unspecified atom stereocenters. The molecule has 140 valence electrons. The zero-order valence-electron chi connectivity index (χ0n) is 16.0. The van der Waals surface area contributed by atoms with Gasteiger partial charge in [0.15, 0.2) is 5.96 Å². The first-order valence-electron chi connectivity index (χ1n) is 9.32. The topological polar surface area (TPSA) is 43.8 Å². The standard InChI is InChI=1S/C20H29N5S/c1-16(2)19-23-18(15-26-19)13-22-20(21-3)25-11-9-24(10-12-25)14-17-7-5-4-6-8-17/h4-8,15-16H,9-14H2,1-3H3,(H,21,22). The molecule has 3 rings (SSSR count). The van der Waals surface area contributed by atoms with Gasteiger partial charge in [0.1, 0.15) is 0 Å². The van der Waals surface area contributed by atoms with Crippen LogP contribution in [0, 0.1) is 0 Å². The summed E-state index contributed by atoms with van der Waals surface area (Å²) in [5, 5.41) is 6.82. The number of rotatable bonds is 5.